The number of phosphoric ester groups is 1. The number of hydrogen-bond donors (Lipinski definition) is 2. The Hall–Kier alpha value is -1.54. The summed E-state index contributed by atoms with van der Waals surface area (Å²) in [5.41, 5.74) is 0. The van der Waals surface area contributed by atoms with Crippen molar-refractivity contribution in [3.63, 3.8) is 0 Å². The molecular weight excluding hydrogens is 695 g/mol. The van der Waals surface area contributed by atoms with Gasteiger partial charge in [0.1, 0.15) is 13.2 Å². The van der Waals surface area contributed by atoms with Crippen LogP contribution >= 0.6 is 7.82 Å². The van der Waals surface area contributed by atoms with Crippen LogP contribution in [0.5, 0.6) is 0 Å². The van der Waals surface area contributed by atoms with E-state index in [1.807, 2.05) is 21.1 Å². The fourth-order valence-electron chi connectivity index (χ4n) is 6.03. The number of carbonyl (C=O) groups excluding carboxylic acids is 1. The molecule has 0 fully saturated rings. The normalized spacial score (nSPS) is 14.9. The molecule has 0 saturated heterocycles. The number of aliphatic hydroxyl groups excluding tert-OH is 1. The van der Waals surface area contributed by atoms with Crippen molar-refractivity contribution in [3.8, 4) is 0 Å². The first-order valence-corrected chi connectivity index (χ1v) is 23.4. The van der Waals surface area contributed by atoms with Gasteiger partial charge in [0.2, 0.25) is 5.91 Å². The zero-order chi connectivity index (χ0) is 40.0. The highest BCUT2D eigenvalue weighted by molar-refractivity contribution is 7.45. The number of quaternary nitrogens is 1. The summed E-state index contributed by atoms with van der Waals surface area (Å²) in [7, 11) is 1.26. The predicted octanol–water partition coefficient (Wildman–Crippen LogP) is 11.4. The summed E-state index contributed by atoms with van der Waals surface area (Å²) < 4.78 is 23.2. The number of nitrogens with zero attached hydrogens (tertiary/aromatic N) is 1. The second-order valence-corrected chi connectivity index (χ2v) is 17.5. The van der Waals surface area contributed by atoms with Crippen LogP contribution in [0.2, 0.25) is 0 Å². The number of nitrogens with one attached hydrogen (secondary N) is 1. The van der Waals surface area contributed by atoms with E-state index in [1.54, 1.807) is 0 Å². The number of allylic oxidation sites excluding steroid dienone is 8. The van der Waals surface area contributed by atoms with E-state index >= 15 is 0 Å². The molecular formula is C45H85N2O6P. The van der Waals surface area contributed by atoms with Crippen LogP contribution in [0.4, 0.5) is 0 Å². The Kier molecular flexibility index (Phi) is 36.0. The Morgan fingerprint density at radius 3 is 1.56 bits per heavy atom. The zero-order valence-electron chi connectivity index (χ0n) is 35.7. The molecule has 3 atom stereocenters. The van der Waals surface area contributed by atoms with E-state index < -0.39 is 20.0 Å². The molecule has 9 heteroatoms. The molecule has 1 unspecified atom stereocenters. The highest BCUT2D eigenvalue weighted by Crippen LogP contribution is 2.38. The molecule has 8 nitrogen and oxygen atoms in total. The Labute approximate surface area is 333 Å². The SMILES string of the molecule is CCCCCCCCC/C=C/C/C=C/C/C=C/C/C=C/CCCC(=O)N[C@@H](COP(=O)([O-])OCC[N+](C)(C)C)[C@H](O)CCCCCCCCCCCCC. The van der Waals surface area contributed by atoms with E-state index in [2.05, 4.69) is 67.8 Å². The summed E-state index contributed by atoms with van der Waals surface area (Å²) in [6, 6.07) is -0.828. The Bertz CT molecular complexity index is 1020. The van der Waals surface area contributed by atoms with Gasteiger partial charge >= 0.3 is 0 Å². The molecule has 0 aliphatic carbocycles. The van der Waals surface area contributed by atoms with Gasteiger partial charge in [-0.25, -0.2) is 0 Å². The van der Waals surface area contributed by atoms with Gasteiger partial charge < -0.3 is 28.8 Å². The van der Waals surface area contributed by atoms with Crippen LogP contribution in [0, 0.1) is 0 Å². The second kappa shape index (κ2) is 37.1. The van der Waals surface area contributed by atoms with Crippen LogP contribution in [-0.4, -0.2) is 68.5 Å². The van der Waals surface area contributed by atoms with E-state index in [0.29, 0.717) is 23.9 Å². The van der Waals surface area contributed by atoms with Crippen molar-refractivity contribution in [2.24, 2.45) is 0 Å². The van der Waals surface area contributed by atoms with E-state index in [1.165, 1.54) is 103 Å². The van der Waals surface area contributed by atoms with E-state index in [-0.39, 0.29) is 25.5 Å². The molecule has 1 amide bonds. The first kappa shape index (κ1) is 52.5. The molecule has 0 saturated carbocycles. The molecule has 0 radical (unpaired) electrons. The highest BCUT2D eigenvalue weighted by Gasteiger charge is 2.24. The van der Waals surface area contributed by atoms with Crippen molar-refractivity contribution in [1.29, 1.82) is 0 Å². The first-order valence-electron chi connectivity index (χ1n) is 22.0. The summed E-state index contributed by atoms with van der Waals surface area (Å²) in [5.74, 6) is -0.221. The lowest BCUT2D eigenvalue weighted by atomic mass is 10.0. The van der Waals surface area contributed by atoms with Crippen LogP contribution in [0.15, 0.2) is 48.6 Å². The van der Waals surface area contributed by atoms with E-state index in [4.69, 9.17) is 9.05 Å². The third kappa shape index (κ3) is 38.7. The van der Waals surface area contributed by atoms with E-state index in [9.17, 15) is 19.4 Å². The number of likely N-dealkylation sites (N-methyl/N-ethyl adjacent to an activating group) is 1. The van der Waals surface area contributed by atoms with Gasteiger partial charge in [-0.2, -0.15) is 0 Å². The Morgan fingerprint density at radius 1 is 0.648 bits per heavy atom. The van der Waals surface area contributed by atoms with Gasteiger partial charge in [-0.3, -0.25) is 9.36 Å². The average Bonchev–Trinajstić information content (AvgIpc) is 3.12. The van der Waals surface area contributed by atoms with Gasteiger partial charge in [0.05, 0.1) is 39.9 Å². The Morgan fingerprint density at radius 2 is 1.07 bits per heavy atom. The smallest absolute Gasteiger partial charge is 0.268 e. The number of aliphatic hydroxyl groups is 1. The molecule has 0 aromatic carbocycles. The molecule has 0 bridgehead atoms. The fraction of sp³-hybridized carbons (Fsp3) is 0.800. The van der Waals surface area contributed by atoms with Crippen LogP contribution in [0.1, 0.15) is 181 Å². The summed E-state index contributed by atoms with van der Waals surface area (Å²) in [4.78, 5) is 25.2. The third-order valence-electron chi connectivity index (χ3n) is 9.57. The maximum absolute atomic E-state index is 12.8. The molecule has 316 valence electrons. The topological polar surface area (TPSA) is 108 Å². The number of carbonyl (C=O) groups is 1. The van der Waals surface area contributed by atoms with Crippen molar-refractivity contribution in [2.45, 2.75) is 193 Å². The standard InChI is InChI=1S/C45H85N2O6P/c1-6-8-10-12-14-16-18-19-20-21-22-23-24-25-26-27-29-31-33-35-37-39-45(49)46-43(42-53-54(50,51)52-41-40-47(3,4)5)44(48)38-36-34-32-30-28-17-15-13-11-9-7-2/h20-21,23-24,26-27,31,33,43-44,48H,6-19,22,25,28-30,32,34-42H2,1-5H3,(H-,46,49,50,51)/b21-20+,24-23+,27-26+,33-31+/t43-,44+/m0/s1. The van der Waals surface area contributed by atoms with Gasteiger partial charge in [0.25, 0.3) is 7.82 Å². The summed E-state index contributed by atoms with van der Waals surface area (Å²) in [5, 5.41) is 13.8. The highest BCUT2D eigenvalue weighted by atomic mass is 31.2. The molecule has 0 heterocycles. The minimum Gasteiger partial charge on any atom is -0.756 e. The molecule has 0 aromatic rings. The van der Waals surface area contributed by atoms with Crippen molar-refractivity contribution in [2.75, 3.05) is 40.9 Å². The fourth-order valence-corrected chi connectivity index (χ4v) is 6.75. The number of hydrogen-bond acceptors (Lipinski definition) is 6. The minimum absolute atomic E-state index is 0.000244. The van der Waals surface area contributed by atoms with Gasteiger partial charge in [-0.1, -0.05) is 172 Å². The largest absolute Gasteiger partial charge is 0.756 e. The van der Waals surface area contributed by atoms with Gasteiger partial charge in [0.15, 0.2) is 0 Å². The summed E-state index contributed by atoms with van der Waals surface area (Å²) in [6.07, 6.45) is 45.5. The molecule has 0 aliphatic rings. The van der Waals surface area contributed by atoms with Crippen LogP contribution in [-0.2, 0) is 18.4 Å². The minimum atomic E-state index is -4.58. The lowest BCUT2D eigenvalue weighted by molar-refractivity contribution is -0.870. The van der Waals surface area contributed by atoms with Crippen molar-refractivity contribution >= 4 is 13.7 Å². The van der Waals surface area contributed by atoms with Crippen LogP contribution < -0.4 is 10.2 Å². The number of phosphoric acid groups is 1. The molecule has 0 aliphatic heterocycles. The number of rotatable bonds is 39. The number of unbranched alkanes of at least 4 members (excludes halogenated alkanes) is 18. The lowest BCUT2D eigenvalue weighted by Crippen LogP contribution is -2.46. The van der Waals surface area contributed by atoms with Crippen molar-refractivity contribution in [3.05, 3.63) is 48.6 Å². The molecule has 2 N–H and O–H groups in total. The number of amides is 1. The predicted molar refractivity (Wildman–Crippen MR) is 228 cm³/mol. The maximum Gasteiger partial charge on any atom is 0.268 e. The van der Waals surface area contributed by atoms with Gasteiger partial charge in [0, 0.05) is 6.42 Å². The van der Waals surface area contributed by atoms with Gasteiger partial charge in [-0.05, 0) is 51.4 Å². The van der Waals surface area contributed by atoms with Crippen molar-refractivity contribution in [1.82, 2.24) is 5.32 Å². The first-order chi connectivity index (χ1) is 26.0. The van der Waals surface area contributed by atoms with Crippen LogP contribution in [0.3, 0.4) is 0 Å². The molecule has 0 rings (SSSR count). The molecule has 0 spiro atoms. The second-order valence-electron chi connectivity index (χ2n) is 16.1. The van der Waals surface area contributed by atoms with Crippen LogP contribution in [0.25, 0.3) is 0 Å². The quantitative estimate of drug-likeness (QED) is 0.0278. The summed E-state index contributed by atoms with van der Waals surface area (Å²) >= 11 is 0. The Balaban J connectivity index is 4.44. The third-order valence-corrected chi connectivity index (χ3v) is 10.5. The lowest BCUT2D eigenvalue weighted by Gasteiger charge is -2.30. The molecule has 0 aromatic heterocycles. The average molecular weight is 781 g/mol. The molecule has 54 heavy (non-hydrogen) atoms. The summed E-state index contributed by atoms with van der Waals surface area (Å²) in [6.45, 7) is 4.65. The van der Waals surface area contributed by atoms with Gasteiger partial charge in [-0.15, -0.1) is 0 Å². The maximum atomic E-state index is 12.8. The monoisotopic (exact) mass is 781 g/mol. The zero-order valence-corrected chi connectivity index (χ0v) is 36.6. The van der Waals surface area contributed by atoms with Crippen molar-refractivity contribution < 1.29 is 32.9 Å². The van der Waals surface area contributed by atoms with E-state index in [0.717, 1.165) is 44.9 Å².